The molecule has 11 heteroatoms. The van der Waals surface area contributed by atoms with Gasteiger partial charge in [-0.1, -0.05) is 43.2 Å². The van der Waals surface area contributed by atoms with Gasteiger partial charge in [0.05, 0.1) is 13.2 Å². The number of hydrogen-bond donors (Lipinski definition) is 4. The third-order valence-electron chi connectivity index (χ3n) is 12.6. The molecule has 6 aliphatic rings. The molecule has 264 valence electrons. The number of amides is 3. The maximum Gasteiger partial charge on any atom is 0.330 e. The van der Waals surface area contributed by atoms with Gasteiger partial charge in [-0.3, -0.25) is 19.2 Å². The highest BCUT2D eigenvalue weighted by Crippen LogP contribution is 3.08. The van der Waals surface area contributed by atoms with E-state index in [0.717, 1.165) is 65.1 Å². The van der Waals surface area contributed by atoms with E-state index in [9.17, 15) is 24.3 Å². The molecule has 11 nitrogen and oxygen atoms in total. The standard InChI is InChI=1S/C39H46N4O7/c44-32(42-50-22-24-14-16-39-29-20-38(39,19-24)36(29)39)10-6-1-2-7-11-34(46)43-17-15-27-28-18-26(12-13-30(28)40-31(27)21-43)49-23-33(45)41-35(37(47)48)25-8-4-3-5-9-25/h3-5,8-9,12-13,18,24,29,35-36,40H,1-2,6-7,10-11,14-17,19-23H2,(H,41,45)(H,42,44)(H,47,48)/t24?,29-,35-,36+,38?,39?/m0/s1. The Morgan fingerprint density at radius 3 is 2.58 bits per heavy atom. The Kier molecular flexibility index (Phi) is 8.57. The van der Waals surface area contributed by atoms with Gasteiger partial charge in [0.15, 0.2) is 12.6 Å². The van der Waals surface area contributed by atoms with Crippen molar-refractivity contribution in [1.29, 1.82) is 0 Å². The highest BCUT2D eigenvalue weighted by atomic mass is 16.7. The van der Waals surface area contributed by atoms with E-state index in [4.69, 9.17) is 9.57 Å². The van der Waals surface area contributed by atoms with Gasteiger partial charge < -0.3 is 25.0 Å². The van der Waals surface area contributed by atoms with Crippen LogP contribution in [0.5, 0.6) is 5.75 Å². The SMILES string of the molecule is O=C(CCCCCCC(=O)N1CCc2c([nH]c3ccc(OCC(=O)N[C@H](C(=O)O)c4ccccc4)cc23)C1)NOCC1CCC23[C@@H]4[C@@H]2CC43C1. The normalized spacial score (nSPS) is 27.2. The highest BCUT2D eigenvalue weighted by molar-refractivity contribution is 5.88. The van der Waals surface area contributed by atoms with Crippen molar-refractivity contribution in [2.75, 3.05) is 19.8 Å². The summed E-state index contributed by atoms with van der Waals surface area (Å²) in [5.74, 6) is 1.65. The van der Waals surface area contributed by atoms with Crippen LogP contribution in [0, 0.1) is 28.6 Å². The highest BCUT2D eigenvalue weighted by Gasteiger charge is 3.03. The van der Waals surface area contributed by atoms with Crippen molar-refractivity contribution in [3.8, 4) is 5.75 Å². The molecule has 5 saturated carbocycles. The molecule has 4 N–H and O–H groups in total. The van der Waals surface area contributed by atoms with E-state index < -0.39 is 17.9 Å². The van der Waals surface area contributed by atoms with E-state index in [1.54, 1.807) is 36.4 Å². The molecule has 3 unspecified atom stereocenters. The summed E-state index contributed by atoms with van der Waals surface area (Å²) in [6.07, 6.45) is 10.4. The predicted molar refractivity (Wildman–Crippen MR) is 183 cm³/mol. The molecule has 2 aromatic carbocycles. The fourth-order valence-corrected chi connectivity index (χ4v) is 9.99. The van der Waals surface area contributed by atoms with Crippen LogP contribution in [0.4, 0.5) is 0 Å². The van der Waals surface area contributed by atoms with Crippen molar-refractivity contribution in [1.82, 2.24) is 20.7 Å². The van der Waals surface area contributed by atoms with Gasteiger partial charge in [0.2, 0.25) is 11.8 Å². The number of hydrogen-bond acceptors (Lipinski definition) is 6. The summed E-state index contributed by atoms with van der Waals surface area (Å²) in [5, 5.41) is 13.1. The lowest BCUT2D eigenvalue weighted by Crippen LogP contribution is -2.43. The Bertz CT molecular complexity index is 1810. The second-order valence-electron chi connectivity index (χ2n) is 15.2. The van der Waals surface area contributed by atoms with Crippen LogP contribution < -0.4 is 15.5 Å². The summed E-state index contributed by atoms with van der Waals surface area (Å²) in [6, 6.07) is 12.9. The average molecular weight is 683 g/mol. The largest absolute Gasteiger partial charge is 0.484 e. The molecule has 1 aromatic heterocycles. The number of carbonyl (C=O) groups excluding carboxylic acids is 3. The van der Waals surface area contributed by atoms with Gasteiger partial charge in [0.1, 0.15) is 5.75 Å². The molecule has 3 aromatic rings. The van der Waals surface area contributed by atoms with Crippen LogP contribution >= 0.6 is 0 Å². The number of aromatic nitrogens is 1. The molecular formula is C39H46N4O7. The topological polar surface area (TPSA) is 150 Å². The van der Waals surface area contributed by atoms with Gasteiger partial charge >= 0.3 is 5.97 Å². The van der Waals surface area contributed by atoms with Crippen LogP contribution in [0.1, 0.15) is 87.1 Å². The minimum Gasteiger partial charge on any atom is -0.484 e. The zero-order chi connectivity index (χ0) is 34.5. The van der Waals surface area contributed by atoms with Gasteiger partial charge in [-0.15, -0.1) is 0 Å². The predicted octanol–water partition coefficient (Wildman–Crippen LogP) is 5.20. The first-order valence-electron chi connectivity index (χ1n) is 18.3. The second-order valence-corrected chi connectivity index (χ2v) is 15.2. The van der Waals surface area contributed by atoms with Crippen molar-refractivity contribution in [3.63, 3.8) is 0 Å². The monoisotopic (exact) mass is 682 g/mol. The Balaban J connectivity index is 0.720. The Hall–Kier alpha value is -4.38. The number of ether oxygens (including phenoxy) is 1. The molecule has 2 bridgehead atoms. The van der Waals surface area contributed by atoms with Crippen LogP contribution in [-0.2, 0) is 37.0 Å². The molecule has 2 heterocycles. The summed E-state index contributed by atoms with van der Waals surface area (Å²) in [4.78, 5) is 60.5. The Labute approximate surface area is 291 Å². The fourth-order valence-electron chi connectivity index (χ4n) is 9.99. The lowest BCUT2D eigenvalue weighted by atomic mass is 9.55. The molecule has 2 spiro atoms. The molecule has 3 amide bonds. The summed E-state index contributed by atoms with van der Waals surface area (Å²) >= 11 is 0. The Morgan fingerprint density at radius 2 is 1.82 bits per heavy atom. The number of fused-ring (bicyclic) bond motifs is 3. The molecule has 5 fully saturated rings. The molecule has 6 atom stereocenters. The number of carboxylic acid groups (broad SMARTS) is 1. The first-order chi connectivity index (χ1) is 24.3. The van der Waals surface area contributed by atoms with E-state index in [1.165, 1.54) is 25.7 Å². The minimum absolute atomic E-state index is 0.0520. The minimum atomic E-state index is -1.16. The number of nitrogens with one attached hydrogen (secondary N) is 3. The lowest BCUT2D eigenvalue weighted by molar-refractivity contribution is -0.142. The number of unbranched alkanes of at least 4 members (excludes halogenated alkanes) is 3. The molecule has 5 aliphatic carbocycles. The number of nitrogens with zero attached hydrogens (tertiary/aromatic N) is 1. The molecule has 0 saturated heterocycles. The molecule has 0 radical (unpaired) electrons. The zero-order valence-electron chi connectivity index (χ0n) is 28.4. The van der Waals surface area contributed by atoms with E-state index in [1.807, 2.05) is 17.0 Å². The summed E-state index contributed by atoms with van der Waals surface area (Å²) in [6.45, 7) is 1.47. The number of H-pyrrole nitrogens is 1. The number of carboxylic acids is 1. The maximum atomic E-state index is 13.0. The van der Waals surface area contributed by atoms with Crippen LogP contribution in [0.15, 0.2) is 48.5 Å². The molecule has 1 aliphatic heterocycles. The van der Waals surface area contributed by atoms with Crippen LogP contribution in [0.3, 0.4) is 0 Å². The Morgan fingerprint density at radius 1 is 1.00 bits per heavy atom. The quantitative estimate of drug-likeness (QED) is 0.120. The third kappa shape index (κ3) is 5.83. The first kappa shape index (κ1) is 32.8. The number of rotatable bonds is 16. The van der Waals surface area contributed by atoms with E-state index >= 15 is 0 Å². The van der Waals surface area contributed by atoms with Crippen LogP contribution in [0.2, 0.25) is 0 Å². The van der Waals surface area contributed by atoms with E-state index in [2.05, 4.69) is 15.8 Å². The fraction of sp³-hybridized carbons (Fsp3) is 0.538. The van der Waals surface area contributed by atoms with Gasteiger partial charge in [0.25, 0.3) is 5.91 Å². The summed E-state index contributed by atoms with van der Waals surface area (Å²) < 4.78 is 5.74. The number of aromatic amines is 1. The van der Waals surface area contributed by atoms with Crippen molar-refractivity contribution in [2.24, 2.45) is 28.6 Å². The van der Waals surface area contributed by atoms with Crippen molar-refractivity contribution < 1.29 is 33.9 Å². The van der Waals surface area contributed by atoms with Crippen molar-refractivity contribution in [2.45, 2.75) is 83.2 Å². The van der Waals surface area contributed by atoms with Gasteiger partial charge in [0, 0.05) is 36.0 Å². The smallest absolute Gasteiger partial charge is 0.330 e. The van der Waals surface area contributed by atoms with Crippen molar-refractivity contribution in [3.05, 3.63) is 65.4 Å². The summed E-state index contributed by atoms with van der Waals surface area (Å²) in [5.41, 5.74) is 7.71. The number of carbonyl (C=O) groups is 4. The van der Waals surface area contributed by atoms with Crippen LogP contribution in [0.25, 0.3) is 10.9 Å². The number of hydroxylamine groups is 1. The third-order valence-corrected chi connectivity index (χ3v) is 12.6. The molecule has 9 rings (SSSR count). The number of aliphatic carboxylic acids is 1. The van der Waals surface area contributed by atoms with Crippen LogP contribution in [-0.4, -0.2) is 58.4 Å². The maximum absolute atomic E-state index is 13.0. The summed E-state index contributed by atoms with van der Waals surface area (Å²) in [7, 11) is 0. The van der Waals surface area contributed by atoms with Gasteiger partial charge in [-0.25, -0.2) is 10.3 Å². The van der Waals surface area contributed by atoms with E-state index in [-0.39, 0.29) is 18.4 Å². The molecular weight excluding hydrogens is 636 g/mol. The second kappa shape index (κ2) is 13.1. The zero-order valence-corrected chi connectivity index (χ0v) is 28.4. The average Bonchev–Trinajstić information content (AvgIpc) is 3.77. The van der Waals surface area contributed by atoms with Gasteiger partial charge in [-0.05, 0) is 103 Å². The first-order valence-corrected chi connectivity index (χ1v) is 18.3. The number of benzene rings is 2. The van der Waals surface area contributed by atoms with E-state index in [0.29, 0.717) is 61.6 Å². The van der Waals surface area contributed by atoms with Crippen molar-refractivity contribution >= 4 is 34.6 Å². The molecule has 50 heavy (non-hydrogen) atoms. The van der Waals surface area contributed by atoms with Gasteiger partial charge in [-0.2, -0.15) is 0 Å². The lowest BCUT2D eigenvalue weighted by Gasteiger charge is -2.49.